The standard InChI is InChI=1S/C31H44ClN9O3S/c1-22-19-26(29(44-3)20-28(22)41-12-9-23(10-13-41)40-17-15-39(14-11-33)16-18-40)36-31-34-21-24(32)30(37-31)35-25-7-5-6-8-27(25)38(2)45(4,42)43/h5-8,19-21,23H,9-18,33H2,1-4H3,(H2,34,35,36,37). The molecule has 5 rings (SSSR count). The summed E-state index contributed by atoms with van der Waals surface area (Å²) in [6, 6.07) is 11.8. The molecule has 0 amide bonds. The molecule has 2 aliphatic heterocycles. The highest BCUT2D eigenvalue weighted by molar-refractivity contribution is 7.92. The zero-order valence-electron chi connectivity index (χ0n) is 26.5. The Morgan fingerprint density at radius 1 is 1.07 bits per heavy atom. The molecule has 2 fully saturated rings. The Morgan fingerprint density at radius 3 is 2.44 bits per heavy atom. The van der Waals surface area contributed by atoms with Crippen LogP contribution in [0.15, 0.2) is 42.6 Å². The number of aryl methyl sites for hydroxylation is 1. The normalized spacial score (nSPS) is 16.9. The van der Waals surface area contributed by atoms with Crippen LogP contribution in [-0.4, -0.2) is 107 Å². The van der Waals surface area contributed by atoms with E-state index in [4.69, 9.17) is 22.1 Å². The van der Waals surface area contributed by atoms with Gasteiger partial charge in [-0.15, -0.1) is 0 Å². The Morgan fingerprint density at radius 2 is 1.78 bits per heavy atom. The molecule has 45 heavy (non-hydrogen) atoms. The van der Waals surface area contributed by atoms with Gasteiger partial charge in [-0.3, -0.25) is 14.1 Å². The van der Waals surface area contributed by atoms with Gasteiger partial charge >= 0.3 is 0 Å². The molecule has 12 nitrogen and oxygen atoms in total. The van der Waals surface area contributed by atoms with Gasteiger partial charge in [0.1, 0.15) is 10.8 Å². The minimum absolute atomic E-state index is 0.289. The first-order valence-corrected chi connectivity index (χ1v) is 17.5. The van der Waals surface area contributed by atoms with Gasteiger partial charge < -0.3 is 26.0 Å². The highest BCUT2D eigenvalue weighted by atomic mass is 35.5. The number of sulfonamides is 1. The molecule has 0 unspecified atom stereocenters. The smallest absolute Gasteiger partial charge is 0.232 e. The quantitative estimate of drug-likeness (QED) is 0.278. The first kappa shape index (κ1) is 33.0. The van der Waals surface area contributed by atoms with Gasteiger partial charge in [-0.05, 0) is 43.5 Å². The average Bonchev–Trinajstić information content (AvgIpc) is 3.03. The Labute approximate surface area is 271 Å². The van der Waals surface area contributed by atoms with Gasteiger partial charge in [-0.1, -0.05) is 23.7 Å². The van der Waals surface area contributed by atoms with Gasteiger partial charge in [0.05, 0.1) is 36.6 Å². The van der Waals surface area contributed by atoms with Crippen LogP contribution in [0.1, 0.15) is 18.4 Å². The van der Waals surface area contributed by atoms with Gasteiger partial charge in [0, 0.05) is 77.2 Å². The lowest BCUT2D eigenvalue weighted by Crippen LogP contribution is -2.53. The maximum Gasteiger partial charge on any atom is 0.232 e. The summed E-state index contributed by atoms with van der Waals surface area (Å²) in [7, 11) is -0.324. The molecule has 0 aliphatic carbocycles. The molecule has 2 saturated heterocycles. The molecule has 0 saturated carbocycles. The van der Waals surface area contributed by atoms with Crippen LogP contribution in [-0.2, 0) is 10.0 Å². The zero-order valence-corrected chi connectivity index (χ0v) is 28.0. The number of nitrogens with zero attached hydrogens (tertiary/aromatic N) is 6. The Bertz CT molecular complexity index is 1580. The molecule has 4 N–H and O–H groups in total. The lowest BCUT2D eigenvalue weighted by Gasteiger charge is -2.43. The summed E-state index contributed by atoms with van der Waals surface area (Å²) in [6.07, 6.45) is 4.92. The highest BCUT2D eigenvalue weighted by Gasteiger charge is 2.28. The number of nitrogens with two attached hydrogens (primary N) is 1. The van der Waals surface area contributed by atoms with Crippen LogP contribution in [0.3, 0.4) is 0 Å². The van der Waals surface area contributed by atoms with Crippen molar-refractivity contribution in [2.24, 2.45) is 5.73 Å². The summed E-state index contributed by atoms with van der Waals surface area (Å²) >= 11 is 6.45. The monoisotopic (exact) mass is 657 g/mol. The molecule has 0 spiro atoms. The van der Waals surface area contributed by atoms with Crippen molar-refractivity contribution in [3.8, 4) is 5.75 Å². The third kappa shape index (κ3) is 7.90. The summed E-state index contributed by atoms with van der Waals surface area (Å²) in [5, 5.41) is 6.74. The van der Waals surface area contributed by atoms with Crippen LogP contribution in [0.4, 0.5) is 34.5 Å². The van der Waals surface area contributed by atoms with E-state index in [9.17, 15) is 8.42 Å². The number of piperidine rings is 1. The second-order valence-electron chi connectivity index (χ2n) is 11.6. The third-order valence-corrected chi connectivity index (χ3v) is 10.1. The number of nitrogens with one attached hydrogen (secondary N) is 2. The molecule has 3 heterocycles. The Hall–Kier alpha value is -3.36. The highest BCUT2D eigenvalue weighted by Crippen LogP contribution is 2.37. The van der Waals surface area contributed by atoms with Crippen molar-refractivity contribution in [1.82, 2.24) is 19.8 Å². The fourth-order valence-electron chi connectivity index (χ4n) is 6.09. The van der Waals surface area contributed by atoms with E-state index in [-0.39, 0.29) is 5.02 Å². The SMILES string of the molecule is COc1cc(N2CCC(N3CCN(CCN)CC3)CC2)c(C)cc1Nc1ncc(Cl)c(Nc2ccccc2N(C)S(C)(=O)=O)n1. The summed E-state index contributed by atoms with van der Waals surface area (Å²) < 4.78 is 31.4. The molecule has 2 aromatic carbocycles. The molecule has 1 aromatic heterocycles. The average molecular weight is 658 g/mol. The van der Waals surface area contributed by atoms with Crippen molar-refractivity contribution in [1.29, 1.82) is 0 Å². The molecule has 244 valence electrons. The zero-order chi connectivity index (χ0) is 32.1. The van der Waals surface area contributed by atoms with Gasteiger partial charge in [-0.2, -0.15) is 4.98 Å². The van der Waals surface area contributed by atoms with E-state index < -0.39 is 10.0 Å². The molecular formula is C31H44ClN9O3S. The second kappa shape index (κ2) is 14.4. The van der Waals surface area contributed by atoms with Gasteiger partial charge in [0.15, 0.2) is 5.82 Å². The summed E-state index contributed by atoms with van der Waals surface area (Å²) in [6.45, 7) is 10.2. The van der Waals surface area contributed by atoms with E-state index in [1.165, 1.54) is 17.5 Å². The van der Waals surface area contributed by atoms with Crippen molar-refractivity contribution in [2.45, 2.75) is 25.8 Å². The van der Waals surface area contributed by atoms with Crippen molar-refractivity contribution in [3.05, 3.63) is 53.2 Å². The number of anilines is 6. The van der Waals surface area contributed by atoms with Crippen LogP contribution in [0.2, 0.25) is 5.02 Å². The first-order chi connectivity index (χ1) is 21.6. The molecule has 0 bridgehead atoms. The molecule has 2 aliphatic rings. The maximum atomic E-state index is 12.2. The van der Waals surface area contributed by atoms with Crippen molar-refractivity contribution >= 4 is 56.1 Å². The number of hydrogen-bond acceptors (Lipinski definition) is 11. The maximum absolute atomic E-state index is 12.2. The third-order valence-electron chi connectivity index (χ3n) is 8.68. The van der Waals surface area contributed by atoms with Gasteiger partial charge in [0.25, 0.3) is 0 Å². The van der Waals surface area contributed by atoms with Crippen LogP contribution >= 0.6 is 11.6 Å². The number of hydrogen-bond donors (Lipinski definition) is 3. The molecular weight excluding hydrogens is 614 g/mol. The van der Waals surface area contributed by atoms with E-state index in [1.807, 2.05) is 0 Å². The minimum atomic E-state index is -3.47. The largest absolute Gasteiger partial charge is 0.494 e. The van der Waals surface area contributed by atoms with Gasteiger partial charge in [-0.25, -0.2) is 13.4 Å². The predicted octanol–water partition coefficient (Wildman–Crippen LogP) is 3.88. The summed E-state index contributed by atoms with van der Waals surface area (Å²) in [5.41, 5.74) is 9.76. The summed E-state index contributed by atoms with van der Waals surface area (Å²) in [4.78, 5) is 16.5. The van der Waals surface area contributed by atoms with Gasteiger partial charge in [0.2, 0.25) is 16.0 Å². The minimum Gasteiger partial charge on any atom is -0.494 e. The number of ether oxygens (including phenoxy) is 1. The van der Waals surface area contributed by atoms with Crippen molar-refractivity contribution in [3.63, 3.8) is 0 Å². The number of halogens is 1. The van der Waals surface area contributed by atoms with Crippen LogP contribution in [0, 0.1) is 6.92 Å². The van der Waals surface area contributed by atoms with E-state index in [0.717, 1.165) is 88.4 Å². The summed E-state index contributed by atoms with van der Waals surface area (Å²) in [5.74, 6) is 1.33. The molecule has 0 radical (unpaired) electrons. The number of para-hydroxylation sites is 2. The topological polar surface area (TPSA) is 132 Å². The van der Waals surface area contributed by atoms with Crippen LogP contribution in [0.5, 0.6) is 5.75 Å². The van der Waals surface area contributed by atoms with E-state index in [2.05, 4.69) is 54.4 Å². The van der Waals surface area contributed by atoms with E-state index >= 15 is 0 Å². The molecule has 3 aromatic rings. The van der Waals surface area contributed by atoms with Crippen LogP contribution < -0.4 is 30.3 Å². The predicted molar refractivity (Wildman–Crippen MR) is 183 cm³/mol. The van der Waals surface area contributed by atoms with Crippen LogP contribution in [0.25, 0.3) is 0 Å². The Kier molecular flexibility index (Phi) is 10.6. The fourth-order valence-corrected chi connectivity index (χ4v) is 6.74. The van der Waals surface area contributed by atoms with Crippen molar-refractivity contribution < 1.29 is 13.2 Å². The number of piperazine rings is 1. The lowest BCUT2D eigenvalue weighted by molar-refractivity contribution is 0.0866. The second-order valence-corrected chi connectivity index (χ2v) is 14.0. The van der Waals surface area contributed by atoms with Crippen molar-refractivity contribution in [2.75, 3.05) is 92.6 Å². The number of rotatable bonds is 11. The molecule has 0 atom stereocenters. The fraction of sp³-hybridized carbons (Fsp3) is 0.484. The number of methoxy groups -OCH3 is 1. The number of aromatic nitrogens is 2. The van der Waals surface area contributed by atoms with E-state index in [1.54, 1.807) is 31.4 Å². The first-order valence-electron chi connectivity index (χ1n) is 15.3. The van der Waals surface area contributed by atoms with E-state index in [0.29, 0.717) is 34.9 Å². The Balaban J connectivity index is 1.28. The number of benzene rings is 2. The lowest BCUT2D eigenvalue weighted by atomic mass is 10.0. The molecule has 14 heteroatoms.